The van der Waals surface area contributed by atoms with Gasteiger partial charge in [0.2, 0.25) is 0 Å². The molecule has 2 aromatic rings. The summed E-state index contributed by atoms with van der Waals surface area (Å²) in [4.78, 5) is 11.8. The average molecular weight is 261 g/mol. The van der Waals surface area contributed by atoms with Crippen molar-refractivity contribution in [3.63, 3.8) is 0 Å². The fourth-order valence-electron chi connectivity index (χ4n) is 1.88. The quantitative estimate of drug-likeness (QED) is 0.867. The minimum Gasteiger partial charge on any atom is -0.456 e. The Kier molecular flexibility index (Phi) is 4.39. The lowest BCUT2D eigenvalue weighted by molar-refractivity contribution is 0.0922. The first kappa shape index (κ1) is 13.4. The molecule has 0 radical (unpaired) electrons. The van der Waals surface area contributed by atoms with E-state index in [-0.39, 0.29) is 5.91 Å². The van der Waals surface area contributed by atoms with Crippen LogP contribution in [0.15, 0.2) is 28.8 Å². The van der Waals surface area contributed by atoms with Crippen LogP contribution in [0.25, 0.3) is 0 Å². The summed E-state index contributed by atoms with van der Waals surface area (Å²) in [5.74, 6) is 1.06. The first-order valence-corrected chi connectivity index (χ1v) is 6.56. The van der Waals surface area contributed by atoms with Crippen molar-refractivity contribution in [1.82, 2.24) is 15.1 Å². The van der Waals surface area contributed by atoms with E-state index in [1.807, 2.05) is 23.7 Å². The third-order valence-electron chi connectivity index (χ3n) is 2.92. The first-order valence-electron chi connectivity index (χ1n) is 6.56. The number of carbonyl (C=O) groups is 1. The van der Waals surface area contributed by atoms with Gasteiger partial charge >= 0.3 is 0 Å². The van der Waals surface area contributed by atoms with Crippen molar-refractivity contribution >= 4 is 5.91 Å². The van der Waals surface area contributed by atoms with Gasteiger partial charge in [-0.15, -0.1) is 0 Å². The number of carbonyl (C=O) groups excluding carboxylic acids is 1. The molecule has 0 aliphatic heterocycles. The molecule has 2 heterocycles. The van der Waals surface area contributed by atoms with Crippen LogP contribution < -0.4 is 5.32 Å². The minimum absolute atomic E-state index is 0.174. The summed E-state index contributed by atoms with van der Waals surface area (Å²) in [5, 5.41) is 6.98. The van der Waals surface area contributed by atoms with Crippen molar-refractivity contribution in [1.29, 1.82) is 0 Å². The zero-order valence-corrected chi connectivity index (χ0v) is 11.3. The fraction of sp³-hybridized carbons (Fsp3) is 0.429. The van der Waals surface area contributed by atoms with Gasteiger partial charge in [0, 0.05) is 24.9 Å². The Morgan fingerprint density at radius 3 is 2.95 bits per heavy atom. The number of hydrogen-bond acceptors (Lipinski definition) is 3. The summed E-state index contributed by atoms with van der Waals surface area (Å²) in [6, 6.07) is 5.51. The van der Waals surface area contributed by atoms with Gasteiger partial charge in [0.05, 0.1) is 6.54 Å². The van der Waals surface area contributed by atoms with Crippen molar-refractivity contribution in [2.45, 2.75) is 33.2 Å². The number of aromatic nitrogens is 2. The Labute approximate surface area is 112 Å². The Morgan fingerprint density at radius 1 is 1.42 bits per heavy atom. The highest BCUT2D eigenvalue weighted by Crippen LogP contribution is 2.09. The molecule has 19 heavy (non-hydrogen) atoms. The van der Waals surface area contributed by atoms with Crippen LogP contribution in [0, 0.1) is 6.92 Å². The molecule has 0 saturated heterocycles. The molecule has 0 saturated carbocycles. The summed E-state index contributed by atoms with van der Waals surface area (Å²) in [7, 11) is 0. The topological polar surface area (TPSA) is 60.1 Å². The minimum atomic E-state index is -0.174. The standard InChI is InChI=1S/C14H19N3O2/c1-3-4-12-5-6-13(19-12)14(18)15-9-10-17-11(2)7-8-16-17/h5-8H,3-4,9-10H2,1-2H3,(H,15,18). The smallest absolute Gasteiger partial charge is 0.287 e. The molecule has 5 heteroatoms. The summed E-state index contributed by atoms with van der Waals surface area (Å²) < 4.78 is 7.31. The number of nitrogens with zero attached hydrogens (tertiary/aromatic N) is 2. The lowest BCUT2D eigenvalue weighted by Crippen LogP contribution is -2.27. The van der Waals surface area contributed by atoms with Gasteiger partial charge in [-0.25, -0.2) is 0 Å². The first-order chi connectivity index (χ1) is 9.20. The lowest BCUT2D eigenvalue weighted by atomic mass is 10.3. The van der Waals surface area contributed by atoms with E-state index in [0.29, 0.717) is 18.8 Å². The second-order valence-electron chi connectivity index (χ2n) is 4.47. The van der Waals surface area contributed by atoms with E-state index in [2.05, 4.69) is 17.3 Å². The maximum Gasteiger partial charge on any atom is 0.287 e. The number of rotatable bonds is 6. The van der Waals surface area contributed by atoms with Crippen LogP contribution in [0.2, 0.25) is 0 Å². The monoisotopic (exact) mass is 261 g/mol. The molecule has 0 aliphatic carbocycles. The predicted molar refractivity (Wildman–Crippen MR) is 72.0 cm³/mol. The molecule has 0 aliphatic rings. The summed E-state index contributed by atoms with van der Waals surface area (Å²) >= 11 is 0. The van der Waals surface area contributed by atoms with E-state index in [1.54, 1.807) is 12.3 Å². The van der Waals surface area contributed by atoms with Crippen LogP contribution in [0.3, 0.4) is 0 Å². The van der Waals surface area contributed by atoms with E-state index >= 15 is 0 Å². The van der Waals surface area contributed by atoms with Gasteiger partial charge in [-0.2, -0.15) is 5.10 Å². The number of furan rings is 1. The second-order valence-corrected chi connectivity index (χ2v) is 4.47. The fourth-order valence-corrected chi connectivity index (χ4v) is 1.88. The van der Waals surface area contributed by atoms with Crippen LogP contribution >= 0.6 is 0 Å². The molecule has 0 atom stereocenters. The molecule has 5 nitrogen and oxygen atoms in total. The lowest BCUT2D eigenvalue weighted by Gasteiger charge is -2.05. The zero-order valence-electron chi connectivity index (χ0n) is 11.3. The molecule has 1 N–H and O–H groups in total. The van der Waals surface area contributed by atoms with E-state index < -0.39 is 0 Å². The molecule has 102 valence electrons. The average Bonchev–Trinajstić information content (AvgIpc) is 3.00. The van der Waals surface area contributed by atoms with Gasteiger partial charge < -0.3 is 9.73 Å². The highest BCUT2D eigenvalue weighted by molar-refractivity contribution is 5.91. The Hall–Kier alpha value is -2.04. The van der Waals surface area contributed by atoms with E-state index in [1.165, 1.54) is 0 Å². The maximum absolute atomic E-state index is 11.8. The second kappa shape index (κ2) is 6.22. The third-order valence-corrected chi connectivity index (χ3v) is 2.92. The number of hydrogen-bond donors (Lipinski definition) is 1. The molecular weight excluding hydrogens is 242 g/mol. The normalized spacial score (nSPS) is 10.6. The largest absolute Gasteiger partial charge is 0.456 e. The molecule has 0 aromatic carbocycles. The molecule has 0 spiro atoms. The van der Waals surface area contributed by atoms with Crippen molar-refractivity contribution in [2.75, 3.05) is 6.54 Å². The number of amides is 1. The van der Waals surface area contributed by atoms with Gasteiger partial charge in [-0.1, -0.05) is 6.92 Å². The molecule has 0 bridgehead atoms. The molecule has 2 aromatic heterocycles. The van der Waals surface area contributed by atoms with Crippen molar-refractivity contribution in [2.24, 2.45) is 0 Å². The van der Waals surface area contributed by atoms with Crippen LogP contribution in [-0.4, -0.2) is 22.2 Å². The molecular formula is C14H19N3O2. The summed E-state index contributed by atoms with van der Waals surface area (Å²) in [6.07, 6.45) is 3.62. The van der Waals surface area contributed by atoms with Crippen LogP contribution in [0.4, 0.5) is 0 Å². The van der Waals surface area contributed by atoms with Crippen LogP contribution in [0.1, 0.15) is 35.4 Å². The Balaban J connectivity index is 1.82. The van der Waals surface area contributed by atoms with Crippen LogP contribution in [0.5, 0.6) is 0 Å². The number of aryl methyl sites for hydroxylation is 2. The van der Waals surface area contributed by atoms with Gasteiger partial charge in [0.1, 0.15) is 5.76 Å². The molecule has 0 fully saturated rings. The summed E-state index contributed by atoms with van der Waals surface area (Å²) in [5.41, 5.74) is 1.08. The van der Waals surface area contributed by atoms with Crippen LogP contribution in [-0.2, 0) is 13.0 Å². The van der Waals surface area contributed by atoms with Crippen molar-refractivity contribution in [3.8, 4) is 0 Å². The number of nitrogens with one attached hydrogen (secondary N) is 1. The Bertz CT molecular complexity index is 542. The van der Waals surface area contributed by atoms with Crippen molar-refractivity contribution < 1.29 is 9.21 Å². The van der Waals surface area contributed by atoms with Gasteiger partial charge in [0.15, 0.2) is 5.76 Å². The van der Waals surface area contributed by atoms with Gasteiger partial charge in [-0.05, 0) is 31.5 Å². The van der Waals surface area contributed by atoms with Gasteiger partial charge in [-0.3, -0.25) is 9.48 Å². The third kappa shape index (κ3) is 3.47. The van der Waals surface area contributed by atoms with E-state index in [4.69, 9.17) is 4.42 Å². The molecule has 0 unspecified atom stereocenters. The zero-order chi connectivity index (χ0) is 13.7. The van der Waals surface area contributed by atoms with E-state index in [9.17, 15) is 4.79 Å². The van der Waals surface area contributed by atoms with Gasteiger partial charge in [0.25, 0.3) is 5.91 Å². The SMILES string of the molecule is CCCc1ccc(C(=O)NCCn2nccc2C)o1. The molecule has 1 amide bonds. The molecule has 2 rings (SSSR count). The highest BCUT2D eigenvalue weighted by Gasteiger charge is 2.10. The summed E-state index contributed by atoms with van der Waals surface area (Å²) in [6.45, 7) is 5.26. The van der Waals surface area contributed by atoms with E-state index in [0.717, 1.165) is 24.3 Å². The predicted octanol–water partition coefficient (Wildman–Crippen LogP) is 2.17. The van der Waals surface area contributed by atoms with Crippen molar-refractivity contribution in [3.05, 3.63) is 41.6 Å². The highest BCUT2D eigenvalue weighted by atomic mass is 16.3. The Morgan fingerprint density at radius 2 is 2.26 bits per heavy atom. The maximum atomic E-state index is 11.8.